The number of nitrogens with zero attached hydrogens (tertiary/aromatic N) is 1. The van der Waals surface area contributed by atoms with Crippen molar-refractivity contribution in [3.05, 3.63) is 23.5 Å². The zero-order valence-corrected chi connectivity index (χ0v) is 11.5. The summed E-state index contributed by atoms with van der Waals surface area (Å²) in [6, 6.07) is 3.86. The molecule has 2 unspecified atom stereocenters. The number of aliphatic hydroxyl groups is 1. The monoisotopic (exact) mass is 249 g/mol. The summed E-state index contributed by atoms with van der Waals surface area (Å²) < 4.78 is 6.05. The lowest BCUT2D eigenvalue weighted by molar-refractivity contribution is 0.0977. The van der Waals surface area contributed by atoms with E-state index < -0.39 is 0 Å². The van der Waals surface area contributed by atoms with Crippen LogP contribution in [-0.4, -0.2) is 16.2 Å². The van der Waals surface area contributed by atoms with Gasteiger partial charge in [0.05, 0.1) is 12.7 Å². The van der Waals surface area contributed by atoms with E-state index in [4.69, 9.17) is 4.74 Å². The molecule has 0 radical (unpaired) electrons. The molecule has 3 nitrogen and oxygen atoms in total. The fourth-order valence-electron chi connectivity index (χ4n) is 2.97. The molecule has 100 valence electrons. The summed E-state index contributed by atoms with van der Waals surface area (Å²) in [5.41, 5.74) is 1.57. The zero-order valence-electron chi connectivity index (χ0n) is 11.5. The van der Waals surface area contributed by atoms with Crippen LogP contribution in [0.3, 0.4) is 0 Å². The van der Waals surface area contributed by atoms with Crippen LogP contribution in [0.5, 0.6) is 5.75 Å². The van der Waals surface area contributed by atoms with Crippen molar-refractivity contribution < 1.29 is 9.84 Å². The molecule has 1 heterocycles. The smallest absolute Gasteiger partial charge is 0.143 e. The fraction of sp³-hybridized carbons (Fsp3) is 0.667. The molecule has 2 rings (SSSR count). The topological polar surface area (TPSA) is 42.4 Å². The van der Waals surface area contributed by atoms with Gasteiger partial charge in [0.2, 0.25) is 0 Å². The molecule has 1 aromatic rings. The maximum Gasteiger partial charge on any atom is 0.143 e. The molecule has 0 aliphatic heterocycles. The van der Waals surface area contributed by atoms with E-state index in [9.17, 15) is 5.11 Å². The fourth-order valence-corrected chi connectivity index (χ4v) is 2.97. The average Bonchev–Trinajstić information content (AvgIpc) is 2.30. The molecule has 2 atom stereocenters. The SMILES string of the molecule is Cc1ccc(OC2CC(C)CC(C)C2)c(CO)n1. The van der Waals surface area contributed by atoms with Crippen molar-refractivity contribution >= 4 is 0 Å². The van der Waals surface area contributed by atoms with E-state index >= 15 is 0 Å². The van der Waals surface area contributed by atoms with Crippen molar-refractivity contribution in [1.82, 2.24) is 4.98 Å². The van der Waals surface area contributed by atoms with E-state index in [0.717, 1.165) is 36.1 Å². The maximum atomic E-state index is 9.33. The molecule has 1 aromatic heterocycles. The van der Waals surface area contributed by atoms with Crippen LogP contribution in [0.25, 0.3) is 0 Å². The lowest BCUT2D eigenvalue weighted by Gasteiger charge is -2.32. The van der Waals surface area contributed by atoms with E-state index in [0.29, 0.717) is 5.69 Å². The van der Waals surface area contributed by atoms with Crippen molar-refractivity contribution in [2.45, 2.75) is 52.7 Å². The van der Waals surface area contributed by atoms with Gasteiger partial charge in [-0.05, 0) is 50.2 Å². The number of pyridine rings is 1. The highest BCUT2D eigenvalue weighted by atomic mass is 16.5. The highest BCUT2D eigenvalue weighted by molar-refractivity contribution is 5.29. The highest BCUT2D eigenvalue weighted by Gasteiger charge is 2.25. The first kappa shape index (κ1) is 13.3. The van der Waals surface area contributed by atoms with E-state index in [2.05, 4.69) is 18.8 Å². The molecule has 18 heavy (non-hydrogen) atoms. The first-order valence-corrected chi connectivity index (χ1v) is 6.82. The summed E-state index contributed by atoms with van der Waals surface area (Å²) in [5, 5.41) is 9.33. The highest BCUT2D eigenvalue weighted by Crippen LogP contribution is 2.32. The lowest BCUT2D eigenvalue weighted by Crippen LogP contribution is -2.28. The predicted octanol–water partition coefficient (Wildman–Crippen LogP) is 3.09. The molecule has 1 N–H and O–H groups in total. The van der Waals surface area contributed by atoms with Gasteiger partial charge in [0.25, 0.3) is 0 Å². The number of aliphatic hydroxyl groups excluding tert-OH is 1. The number of aromatic nitrogens is 1. The van der Waals surface area contributed by atoms with Gasteiger partial charge in [-0.1, -0.05) is 13.8 Å². The molecule has 0 bridgehead atoms. The number of ether oxygens (including phenoxy) is 1. The van der Waals surface area contributed by atoms with Gasteiger partial charge in [0, 0.05) is 5.69 Å². The number of hydrogen-bond donors (Lipinski definition) is 1. The summed E-state index contributed by atoms with van der Waals surface area (Å²) in [5.74, 6) is 2.18. The normalized spacial score (nSPS) is 28.1. The van der Waals surface area contributed by atoms with Gasteiger partial charge in [-0.25, -0.2) is 0 Å². The Morgan fingerprint density at radius 3 is 2.50 bits per heavy atom. The van der Waals surface area contributed by atoms with Crippen LogP contribution in [0.15, 0.2) is 12.1 Å². The Kier molecular flexibility index (Phi) is 4.23. The molecular weight excluding hydrogens is 226 g/mol. The second-order valence-electron chi connectivity index (χ2n) is 5.71. The van der Waals surface area contributed by atoms with E-state index in [1.807, 2.05) is 19.1 Å². The lowest BCUT2D eigenvalue weighted by atomic mass is 9.82. The van der Waals surface area contributed by atoms with E-state index in [1.54, 1.807) is 0 Å². The molecule has 0 aromatic carbocycles. The third-order valence-electron chi connectivity index (χ3n) is 3.65. The number of hydrogen-bond acceptors (Lipinski definition) is 3. The van der Waals surface area contributed by atoms with Crippen molar-refractivity contribution in [3.8, 4) is 5.75 Å². The quantitative estimate of drug-likeness (QED) is 0.895. The van der Waals surface area contributed by atoms with Crippen LogP contribution in [-0.2, 0) is 6.61 Å². The molecule has 0 saturated heterocycles. The Labute approximate surface area is 109 Å². The standard InChI is InChI=1S/C15H23NO2/c1-10-6-11(2)8-13(7-10)18-15-5-4-12(3)16-14(15)9-17/h4-5,10-11,13,17H,6-9H2,1-3H3. The molecule has 0 amide bonds. The molecule has 1 aliphatic rings. The van der Waals surface area contributed by atoms with Gasteiger partial charge < -0.3 is 9.84 Å². The van der Waals surface area contributed by atoms with Crippen molar-refractivity contribution in [3.63, 3.8) is 0 Å². The number of rotatable bonds is 3. The Bertz CT molecular complexity index is 395. The van der Waals surface area contributed by atoms with Crippen LogP contribution in [0.4, 0.5) is 0 Å². The van der Waals surface area contributed by atoms with Gasteiger partial charge in [-0.15, -0.1) is 0 Å². The average molecular weight is 249 g/mol. The van der Waals surface area contributed by atoms with E-state index in [1.165, 1.54) is 6.42 Å². The Balaban J connectivity index is 2.08. The summed E-state index contributed by atoms with van der Waals surface area (Å²) in [4.78, 5) is 4.32. The van der Waals surface area contributed by atoms with Crippen LogP contribution >= 0.6 is 0 Å². The Morgan fingerprint density at radius 2 is 1.89 bits per heavy atom. The Morgan fingerprint density at radius 1 is 1.22 bits per heavy atom. The third kappa shape index (κ3) is 3.22. The minimum atomic E-state index is -0.0607. The van der Waals surface area contributed by atoms with Crippen molar-refractivity contribution in [2.75, 3.05) is 0 Å². The first-order valence-electron chi connectivity index (χ1n) is 6.82. The summed E-state index contributed by atoms with van der Waals surface area (Å²) in [6.07, 6.45) is 3.75. The number of aryl methyl sites for hydroxylation is 1. The summed E-state index contributed by atoms with van der Waals surface area (Å²) in [7, 11) is 0. The first-order chi connectivity index (χ1) is 8.58. The predicted molar refractivity (Wildman–Crippen MR) is 71.5 cm³/mol. The van der Waals surface area contributed by atoms with Gasteiger partial charge in [-0.2, -0.15) is 0 Å². The van der Waals surface area contributed by atoms with E-state index in [-0.39, 0.29) is 12.7 Å². The van der Waals surface area contributed by atoms with Gasteiger partial charge >= 0.3 is 0 Å². The largest absolute Gasteiger partial charge is 0.488 e. The second-order valence-corrected chi connectivity index (χ2v) is 5.71. The van der Waals surface area contributed by atoms with Crippen LogP contribution in [0, 0.1) is 18.8 Å². The van der Waals surface area contributed by atoms with Gasteiger partial charge in [0.15, 0.2) is 0 Å². The third-order valence-corrected chi connectivity index (χ3v) is 3.65. The maximum absolute atomic E-state index is 9.33. The van der Waals surface area contributed by atoms with Crippen molar-refractivity contribution in [1.29, 1.82) is 0 Å². The molecule has 1 saturated carbocycles. The molecular formula is C15H23NO2. The van der Waals surface area contributed by atoms with Crippen LogP contribution < -0.4 is 4.74 Å². The summed E-state index contributed by atoms with van der Waals surface area (Å²) >= 11 is 0. The van der Waals surface area contributed by atoms with Gasteiger partial charge in [-0.3, -0.25) is 4.98 Å². The van der Waals surface area contributed by atoms with Crippen LogP contribution in [0.1, 0.15) is 44.5 Å². The minimum Gasteiger partial charge on any atom is -0.488 e. The molecule has 0 spiro atoms. The summed E-state index contributed by atoms with van der Waals surface area (Å²) in [6.45, 7) is 6.43. The molecule has 3 heteroatoms. The molecule has 1 fully saturated rings. The van der Waals surface area contributed by atoms with Crippen LogP contribution in [0.2, 0.25) is 0 Å². The molecule has 1 aliphatic carbocycles. The zero-order chi connectivity index (χ0) is 13.1. The minimum absolute atomic E-state index is 0.0607. The van der Waals surface area contributed by atoms with Crippen molar-refractivity contribution in [2.24, 2.45) is 11.8 Å². The second kappa shape index (κ2) is 5.70. The van der Waals surface area contributed by atoms with Gasteiger partial charge in [0.1, 0.15) is 11.4 Å². The Hall–Kier alpha value is -1.09.